The number of nitrogens with zero attached hydrogens (tertiary/aromatic N) is 5. The van der Waals surface area contributed by atoms with Crippen molar-refractivity contribution in [3.05, 3.63) is 59.9 Å². The molecule has 0 atom stereocenters. The van der Waals surface area contributed by atoms with Crippen LogP contribution in [0.4, 0.5) is 29.1 Å². The Morgan fingerprint density at radius 1 is 1.06 bits per heavy atom. The van der Waals surface area contributed by atoms with Gasteiger partial charge in [0.2, 0.25) is 0 Å². The summed E-state index contributed by atoms with van der Waals surface area (Å²) in [6.07, 6.45) is 1.62. The fraction of sp³-hybridized carbons (Fsp3) is 0.400. The third-order valence-corrected chi connectivity index (χ3v) is 5.91. The molecule has 1 saturated carbocycles. The zero-order chi connectivity index (χ0) is 24.6. The number of aromatic nitrogens is 4. The van der Waals surface area contributed by atoms with Crippen LogP contribution in [0.5, 0.6) is 0 Å². The van der Waals surface area contributed by atoms with Crippen LogP contribution < -0.4 is 4.90 Å². The van der Waals surface area contributed by atoms with E-state index >= 15 is 0 Å². The molecule has 0 N–H and O–H groups in total. The molecule has 0 saturated heterocycles. The molecule has 2 aromatic carbocycles. The van der Waals surface area contributed by atoms with Crippen molar-refractivity contribution >= 4 is 28.2 Å². The number of anilines is 2. The molecule has 180 valence electrons. The van der Waals surface area contributed by atoms with Crippen LogP contribution in [0.15, 0.2) is 42.7 Å². The Labute approximate surface area is 195 Å². The first-order valence-corrected chi connectivity index (χ1v) is 11.1. The summed E-state index contributed by atoms with van der Waals surface area (Å²) in [6.45, 7) is 7.88. The number of rotatable bonds is 4. The largest absolute Gasteiger partial charge is 0.320 e. The average Bonchev–Trinajstić information content (AvgIpc) is 3.50. The summed E-state index contributed by atoms with van der Waals surface area (Å²) in [6, 6.07) is 7.92. The second-order valence-electron chi connectivity index (χ2n) is 9.73. The van der Waals surface area contributed by atoms with Crippen LogP contribution in [0.25, 0.3) is 16.7 Å². The number of hydrogen-bond acceptors (Lipinski definition) is 4. The summed E-state index contributed by atoms with van der Waals surface area (Å²) in [7, 11) is 0. The van der Waals surface area contributed by atoms with Crippen molar-refractivity contribution in [2.75, 3.05) is 11.4 Å². The number of fused-ring (bicyclic) bond motifs is 3. The predicted molar refractivity (Wildman–Crippen MR) is 125 cm³/mol. The minimum Gasteiger partial charge on any atom is -0.320 e. The molecule has 1 aliphatic rings. The topological polar surface area (TPSA) is 46.3 Å². The van der Waals surface area contributed by atoms with Crippen molar-refractivity contribution in [2.45, 2.75) is 47.0 Å². The smallest absolute Gasteiger partial charge is 0.257 e. The Balaban J connectivity index is 0.000000336. The first-order chi connectivity index (χ1) is 16.0. The van der Waals surface area contributed by atoms with E-state index < -0.39 is 24.6 Å². The molecule has 2 aromatic heterocycles. The van der Waals surface area contributed by atoms with Crippen molar-refractivity contribution in [2.24, 2.45) is 11.3 Å². The molecule has 0 bridgehead atoms. The first-order valence-electron chi connectivity index (χ1n) is 11.1. The summed E-state index contributed by atoms with van der Waals surface area (Å²) in [4.78, 5) is 5.45. The number of benzene rings is 2. The van der Waals surface area contributed by atoms with Crippen molar-refractivity contribution in [3.8, 4) is 0 Å². The van der Waals surface area contributed by atoms with E-state index in [1.165, 1.54) is 47.8 Å². The van der Waals surface area contributed by atoms with Gasteiger partial charge in [-0.1, -0.05) is 20.8 Å². The van der Waals surface area contributed by atoms with Gasteiger partial charge in [-0.25, -0.2) is 17.6 Å². The highest BCUT2D eigenvalue weighted by Gasteiger charge is 2.33. The maximum absolute atomic E-state index is 13.9. The van der Waals surface area contributed by atoms with Crippen LogP contribution in [0, 0.1) is 29.9 Å². The van der Waals surface area contributed by atoms with E-state index in [0.29, 0.717) is 16.5 Å². The second kappa shape index (κ2) is 9.19. The number of aryl methyl sites for hydroxylation is 1. The van der Waals surface area contributed by atoms with Gasteiger partial charge in [0.05, 0.1) is 12.1 Å². The molecular weight excluding hydrogens is 446 g/mol. The highest BCUT2D eigenvalue weighted by Crippen LogP contribution is 2.44. The Morgan fingerprint density at radius 3 is 2.38 bits per heavy atom. The molecule has 2 heterocycles. The lowest BCUT2D eigenvalue weighted by Gasteiger charge is -2.25. The number of hydrogen-bond donors (Lipinski definition) is 0. The van der Waals surface area contributed by atoms with Crippen molar-refractivity contribution in [3.63, 3.8) is 0 Å². The molecular formula is C25H27F4N5. The Kier molecular flexibility index (Phi) is 6.47. The third-order valence-electron chi connectivity index (χ3n) is 5.91. The van der Waals surface area contributed by atoms with Gasteiger partial charge in [0, 0.05) is 11.1 Å². The molecule has 5 nitrogen and oxygen atoms in total. The van der Waals surface area contributed by atoms with E-state index in [9.17, 15) is 17.6 Å². The van der Waals surface area contributed by atoms with E-state index in [1.54, 1.807) is 13.0 Å². The van der Waals surface area contributed by atoms with Gasteiger partial charge in [0.15, 0.2) is 0 Å². The van der Waals surface area contributed by atoms with Gasteiger partial charge in [0.25, 0.3) is 12.2 Å². The quantitative estimate of drug-likeness (QED) is 0.309. The van der Waals surface area contributed by atoms with Gasteiger partial charge in [-0.3, -0.25) is 4.40 Å². The lowest BCUT2D eigenvalue weighted by molar-refractivity contribution is 0.158. The van der Waals surface area contributed by atoms with E-state index in [-0.39, 0.29) is 22.7 Å². The summed E-state index contributed by atoms with van der Waals surface area (Å²) in [5.74, 6) is 0.146. The molecule has 1 fully saturated rings. The Bertz CT molecular complexity index is 1290. The van der Waals surface area contributed by atoms with Gasteiger partial charge in [0.1, 0.15) is 23.8 Å². The molecule has 0 spiro atoms. The van der Waals surface area contributed by atoms with E-state index in [0.717, 1.165) is 16.9 Å². The van der Waals surface area contributed by atoms with Crippen molar-refractivity contribution in [1.82, 2.24) is 19.6 Å². The lowest BCUT2D eigenvalue weighted by Crippen LogP contribution is -2.25. The third kappa shape index (κ3) is 5.29. The average molecular weight is 474 g/mol. The van der Waals surface area contributed by atoms with Crippen LogP contribution in [-0.4, -0.2) is 32.6 Å². The van der Waals surface area contributed by atoms with Crippen LogP contribution in [-0.2, 0) is 0 Å². The van der Waals surface area contributed by atoms with Gasteiger partial charge >= 0.3 is 0 Å². The summed E-state index contributed by atoms with van der Waals surface area (Å²) < 4.78 is 56.0. The molecule has 4 aromatic rings. The van der Waals surface area contributed by atoms with Crippen LogP contribution in [0.2, 0.25) is 0 Å². The molecule has 5 rings (SSSR count). The molecule has 34 heavy (non-hydrogen) atoms. The standard InChI is InChI=1S/C18H13F4N5.C7H14/c1-10-4-12(20)6-13(5-10)26(8-16(21)22)17-14-7-11(19)2-3-15(14)27-9-23-25-18(27)24-17;1-7(2,3)6-4-5-6/h2-7,9,16H,8H2,1H3;6H,4-5H2,1-3H3. The van der Waals surface area contributed by atoms with Gasteiger partial charge in [-0.2, -0.15) is 4.98 Å². The summed E-state index contributed by atoms with van der Waals surface area (Å²) >= 11 is 0. The normalized spacial score (nSPS) is 13.9. The van der Waals surface area contributed by atoms with Gasteiger partial charge < -0.3 is 4.90 Å². The van der Waals surface area contributed by atoms with E-state index in [4.69, 9.17) is 0 Å². The van der Waals surface area contributed by atoms with Crippen LogP contribution >= 0.6 is 0 Å². The minimum absolute atomic E-state index is 0.0512. The van der Waals surface area contributed by atoms with Gasteiger partial charge in [-0.05, 0) is 73.1 Å². The monoisotopic (exact) mass is 473 g/mol. The molecule has 0 amide bonds. The zero-order valence-corrected chi connectivity index (χ0v) is 19.6. The number of alkyl halides is 2. The fourth-order valence-corrected chi connectivity index (χ4v) is 4.01. The molecule has 0 unspecified atom stereocenters. The van der Waals surface area contributed by atoms with E-state index in [1.807, 2.05) is 0 Å². The number of halogens is 4. The van der Waals surface area contributed by atoms with Crippen molar-refractivity contribution in [1.29, 1.82) is 0 Å². The maximum Gasteiger partial charge on any atom is 0.257 e. The first kappa shape index (κ1) is 23.9. The van der Waals surface area contributed by atoms with E-state index in [2.05, 4.69) is 36.0 Å². The minimum atomic E-state index is -2.73. The zero-order valence-electron chi connectivity index (χ0n) is 19.6. The molecule has 0 aliphatic heterocycles. The molecule has 9 heteroatoms. The SMILES string of the molecule is CC(C)(C)C1CC1.Cc1cc(F)cc(N(CC(F)F)c2nc3nncn3c3ccc(F)cc23)c1. The Hall–Kier alpha value is -3.23. The highest BCUT2D eigenvalue weighted by molar-refractivity contribution is 5.93. The predicted octanol–water partition coefficient (Wildman–Crippen LogP) is 6.71. The lowest BCUT2D eigenvalue weighted by atomic mass is 9.91. The second-order valence-corrected chi connectivity index (χ2v) is 9.73. The summed E-state index contributed by atoms with van der Waals surface area (Å²) in [5, 5.41) is 7.91. The van der Waals surface area contributed by atoms with Crippen molar-refractivity contribution < 1.29 is 17.6 Å². The van der Waals surface area contributed by atoms with Gasteiger partial charge in [-0.15, -0.1) is 10.2 Å². The van der Waals surface area contributed by atoms with Crippen LogP contribution in [0.1, 0.15) is 39.2 Å². The highest BCUT2D eigenvalue weighted by atomic mass is 19.3. The molecule has 1 aliphatic carbocycles. The fourth-order valence-electron chi connectivity index (χ4n) is 4.01. The molecule has 0 radical (unpaired) electrons. The van der Waals surface area contributed by atoms with Crippen LogP contribution in [0.3, 0.4) is 0 Å². The summed E-state index contributed by atoms with van der Waals surface area (Å²) in [5.41, 5.74) is 1.85. The Morgan fingerprint density at radius 2 is 1.79 bits per heavy atom. The maximum atomic E-state index is 13.9.